The van der Waals surface area contributed by atoms with Gasteiger partial charge in [-0.1, -0.05) is 49.0 Å². The number of ether oxygens (including phenoxy) is 1. The van der Waals surface area contributed by atoms with E-state index in [-0.39, 0.29) is 5.97 Å². The summed E-state index contributed by atoms with van der Waals surface area (Å²) in [5.74, 6) is -0.193. The zero-order valence-corrected chi connectivity index (χ0v) is 18.2. The smallest absolute Gasteiger partial charge is 0.306 e. The number of benzene rings is 2. The Hall–Kier alpha value is -3.12. The zero-order valence-electron chi connectivity index (χ0n) is 17.4. The molecule has 0 saturated carbocycles. The highest BCUT2D eigenvalue weighted by atomic mass is 32.1. The van der Waals surface area contributed by atoms with E-state index < -0.39 is 0 Å². The number of carbonyl (C=O) groups excluding carboxylic acids is 1. The molecule has 3 aromatic rings. The second-order valence-electron chi connectivity index (χ2n) is 6.92. The molecule has 0 fully saturated rings. The third-order valence-corrected chi connectivity index (χ3v) is 5.44. The molecule has 2 N–H and O–H groups in total. The van der Waals surface area contributed by atoms with Crippen LogP contribution in [0.2, 0.25) is 0 Å². The minimum atomic E-state index is -0.193. The number of para-hydroxylation sites is 1. The number of nitrogens with zero attached hydrogens (tertiary/aromatic N) is 1. The molecule has 0 spiro atoms. The van der Waals surface area contributed by atoms with Crippen LogP contribution in [0, 0.1) is 6.92 Å². The Balaban J connectivity index is 1.51. The molecular weight excluding hydrogens is 394 g/mol. The molecule has 0 bridgehead atoms. The number of hydrogen-bond acceptors (Lipinski definition) is 6. The van der Waals surface area contributed by atoms with Crippen molar-refractivity contribution < 1.29 is 9.53 Å². The molecule has 30 heavy (non-hydrogen) atoms. The Kier molecular flexibility index (Phi) is 7.63. The average molecular weight is 422 g/mol. The van der Waals surface area contributed by atoms with Gasteiger partial charge in [-0.25, -0.2) is 4.98 Å². The van der Waals surface area contributed by atoms with Gasteiger partial charge >= 0.3 is 5.97 Å². The number of anilines is 2. The Morgan fingerprint density at radius 1 is 1.17 bits per heavy atom. The average Bonchev–Trinajstić information content (AvgIpc) is 3.19. The lowest BCUT2D eigenvalue weighted by Crippen LogP contribution is -2.05. The quantitative estimate of drug-likeness (QED) is 0.415. The van der Waals surface area contributed by atoms with Crippen LogP contribution in [0.15, 0.2) is 60.5 Å². The largest absolute Gasteiger partial charge is 0.466 e. The van der Waals surface area contributed by atoms with Crippen molar-refractivity contribution in [3.63, 3.8) is 0 Å². The topological polar surface area (TPSA) is 63.2 Å². The van der Waals surface area contributed by atoms with Crippen molar-refractivity contribution in [3.05, 3.63) is 82.9 Å². The third kappa shape index (κ3) is 6.19. The van der Waals surface area contributed by atoms with Crippen LogP contribution in [0.1, 0.15) is 35.7 Å². The van der Waals surface area contributed by atoms with E-state index in [9.17, 15) is 4.79 Å². The van der Waals surface area contributed by atoms with E-state index in [0.717, 1.165) is 34.3 Å². The van der Waals surface area contributed by atoms with Gasteiger partial charge in [0.2, 0.25) is 0 Å². The summed E-state index contributed by atoms with van der Waals surface area (Å²) in [6.07, 6.45) is 0.919. The molecule has 1 heterocycles. The summed E-state index contributed by atoms with van der Waals surface area (Å²) in [7, 11) is 0. The van der Waals surface area contributed by atoms with E-state index in [1.165, 1.54) is 22.5 Å². The predicted molar refractivity (Wildman–Crippen MR) is 125 cm³/mol. The van der Waals surface area contributed by atoms with E-state index in [4.69, 9.17) is 4.74 Å². The zero-order chi connectivity index (χ0) is 21.3. The Labute approximate surface area is 181 Å². The van der Waals surface area contributed by atoms with E-state index >= 15 is 0 Å². The predicted octanol–water partition coefficient (Wildman–Crippen LogP) is 5.64. The lowest BCUT2D eigenvalue weighted by molar-refractivity contribution is -0.143. The van der Waals surface area contributed by atoms with Crippen molar-refractivity contribution in [2.75, 3.05) is 17.2 Å². The molecule has 6 heteroatoms. The highest BCUT2D eigenvalue weighted by Crippen LogP contribution is 2.22. The Bertz CT molecular complexity index is 996. The minimum Gasteiger partial charge on any atom is -0.466 e. The van der Waals surface area contributed by atoms with Crippen molar-refractivity contribution in [3.8, 4) is 0 Å². The Morgan fingerprint density at radius 3 is 2.67 bits per heavy atom. The summed E-state index contributed by atoms with van der Waals surface area (Å²) in [4.78, 5) is 16.0. The summed E-state index contributed by atoms with van der Waals surface area (Å²) < 4.78 is 4.95. The van der Waals surface area contributed by atoms with Gasteiger partial charge in [0, 0.05) is 29.7 Å². The second-order valence-corrected chi connectivity index (χ2v) is 7.78. The molecule has 0 unspecified atom stereocenters. The first kappa shape index (κ1) is 21.6. The lowest BCUT2D eigenvalue weighted by Gasteiger charge is -2.11. The van der Waals surface area contributed by atoms with Crippen LogP contribution in [0.3, 0.4) is 0 Å². The van der Waals surface area contributed by atoms with Crippen LogP contribution >= 0.6 is 11.3 Å². The number of rotatable bonds is 10. The first-order valence-corrected chi connectivity index (χ1v) is 10.9. The molecule has 0 aliphatic rings. The first-order chi connectivity index (χ1) is 14.5. The van der Waals surface area contributed by atoms with Gasteiger partial charge in [-0.05, 0) is 36.6 Å². The van der Waals surface area contributed by atoms with Crippen molar-refractivity contribution in [1.29, 1.82) is 0 Å². The molecule has 2 aromatic carbocycles. The summed E-state index contributed by atoms with van der Waals surface area (Å²) >= 11 is 1.50. The SMILES string of the molecule is C=C(Nc1nc(CCC(=O)OCC)cs1)c1ccc(CNc2ccccc2C)cc1. The molecule has 0 aliphatic heterocycles. The standard InChI is InChI=1S/C24H27N3O2S/c1-4-29-23(28)14-13-21-16-30-24(27-21)26-18(3)20-11-9-19(10-12-20)15-25-22-8-6-5-7-17(22)2/h5-12,16,25H,3-4,13-15H2,1-2H3,(H,26,27). The number of thiazole rings is 1. The maximum Gasteiger partial charge on any atom is 0.306 e. The van der Waals surface area contributed by atoms with Crippen LogP contribution in [0.25, 0.3) is 5.70 Å². The third-order valence-electron chi connectivity index (χ3n) is 4.63. The number of aromatic nitrogens is 1. The maximum absolute atomic E-state index is 11.5. The van der Waals surface area contributed by atoms with Gasteiger partial charge in [-0.2, -0.15) is 0 Å². The van der Waals surface area contributed by atoms with Crippen molar-refractivity contribution >= 4 is 33.8 Å². The molecule has 0 aliphatic carbocycles. The maximum atomic E-state index is 11.5. The number of carbonyl (C=O) groups is 1. The van der Waals surface area contributed by atoms with Crippen LogP contribution in [-0.4, -0.2) is 17.6 Å². The van der Waals surface area contributed by atoms with Gasteiger partial charge in [0.15, 0.2) is 5.13 Å². The minimum absolute atomic E-state index is 0.193. The van der Waals surface area contributed by atoms with Gasteiger partial charge in [-0.3, -0.25) is 4.79 Å². The molecule has 0 radical (unpaired) electrons. The second kappa shape index (κ2) is 10.6. The molecule has 0 saturated heterocycles. The fourth-order valence-corrected chi connectivity index (χ4v) is 3.71. The van der Waals surface area contributed by atoms with Gasteiger partial charge in [-0.15, -0.1) is 11.3 Å². The van der Waals surface area contributed by atoms with Crippen LogP contribution in [0.4, 0.5) is 10.8 Å². The fraction of sp³-hybridized carbons (Fsp3) is 0.250. The molecule has 1 aromatic heterocycles. The molecular formula is C24H27N3O2S. The van der Waals surface area contributed by atoms with Crippen molar-refractivity contribution in [2.45, 2.75) is 33.2 Å². The van der Waals surface area contributed by atoms with E-state index in [1.807, 2.05) is 24.4 Å². The van der Waals surface area contributed by atoms with Gasteiger partial charge in [0.1, 0.15) is 0 Å². The van der Waals surface area contributed by atoms with E-state index in [0.29, 0.717) is 19.4 Å². The summed E-state index contributed by atoms with van der Waals surface area (Å²) in [5.41, 5.74) is 6.26. The van der Waals surface area contributed by atoms with E-state index in [1.54, 1.807) is 0 Å². The number of hydrogen-bond donors (Lipinski definition) is 2. The van der Waals surface area contributed by atoms with Crippen molar-refractivity contribution in [2.24, 2.45) is 0 Å². The normalized spacial score (nSPS) is 10.5. The van der Waals surface area contributed by atoms with Gasteiger partial charge in [0.25, 0.3) is 0 Å². The van der Waals surface area contributed by atoms with Crippen LogP contribution < -0.4 is 10.6 Å². The lowest BCUT2D eigenvalue weighted by atomic mass is 10.1. The van der Waals surface area contributed by atoms with E-state index in [2.05, 4.69) is 65.5 Å². The summed E-state index contributed by atoms with van der Waals surface area (Å²) in [6.45, 7) is 9.21. The molecule has 3 rings (SSSR count). The first-order valence-electron chi connectivity index (χ1n) is 10.00. The molecule has 5 nitrogen and oxygen atoms in total. The van der Waals surface area contributed by atoms with Gasteiger partial charge < -0.3 is 15.4 Å². The molecule has 0 amide bonds. The number of aryl methyl sites for hydroxylation is 2. The molecule has 0 atom stereocenters. The highest BCUT2D eigenvalue weighted by molar-refractivity contribution is 7.13. The van der Waals surface area contributed by atoms with Crippen LogP contribution in [0.5, 0.6) is 0 Å². The Morgan fingerprint density at radius 2 is 1.93 bits per heavy atom. The fourth-order valence-electron chi connectivity index (χ4n) is 2.94. The monoisotopic (exact) mass is 421 g/mol. The molecule has 156 valence electrons. The number of nitrogens with one attached hydrogen (secondary N) is 2. The highest BCUT2D eigenvalue weighted by Gasteiger charge is 2.08. The number of esters is 1. The van der Waals surface area contributed by atoms with Crippen molar-refractivity contribution in [1.82, 2.24) is 4.98 Å². The summed E-state index contributed by atoms with van der Waals surface area (Å²) in [6, 6.07) is 16.6. The summed E-state index contributed by atoms with van der Waals surface area (Å²) in [5, 5.41) is 9.45. The van der Waals surface area contributed by atoms with Crippen LogP contribution in [-0.2, 0) is 22.5 Å². The van der Waals surface area contributed by atoms with Gasteiger partial charge in [0.05, 0.1) is 18.7 Å².